The second-order valence-corrected chi connectivity index (χ2v) is 7.53. The van der Waals surface area contributed by atoms with Gasteiger partial charge in [-0.2, -0.15) is 0 Å². The summed E-state index contributed by atoms with van der Waals surface area (Å²) in [7, 11) is 1.54. The van der Waals surface area contributed by atoms with Crippen LogP contribution in [0.5, 0.6) is 5.75 Å². The highest BCUT2D eigenvalue weighted by Crippen LogP contribution is 2.36. The average molecular weight is 393 g/mol. The average Bonchev–Trinajstić information content (AvgIpc) is 3.09. The van der Waals surface area contributed by atoms with Crippen molar-refractivity contribution >= 4 is 11.7 Å². The molecule has 0 aliphatic carbocycles. The van der Waals surface area contributed by atoms with E-state index in [1.54, 1.807) is 19.2 Å². The van der Waals surface area contributed by atoms with Gasteiger partial charge in [0.05, 0.1) is 24.4 Å². The zero-order valence-corrected chi connectivity index (χ0v) is 17.2. The fraction of sp³-hybridized carbons (Fsp3) is 0.292. The van der Waals surface area contributed by atoms with Gasteiger partial charge in [-0.1, -0.05) is 44.2 Å². The molecule has 5 nitrogen and oxygen atoms in total. The van der Waals surface area contributed by atoms with Crippen molar-refractivity contribution in [2.45, 2.75) is 33.2 Å². The Morgan fingerprint density at radius 2 is 1.86 bits per heavy atom. The summed E-state index contributed by atoms with van der Waals surface area (Å²) < 4.78 is 11.5. The number of ether oxygens (including phenoxy) is 1. The van der Waals surface area contributed by atoms with Gasteiger partial charge in [0.1, 0.15) is 17.3 Å². The fourth-order valence-corrected chi connectivity index (χ4v) is 3.45. The summed E-state index contributed by atoms with van der Waals surface area (Å²) in [6, 6.07) is 17.0. The van der Waals surface area contributed by atoms with E-state index >= 15 is 0 Å². The summed E-state index contributed by atoms with van der Waals surface area (Å²) in [5.74, 6) is 1.67. The zero-order chi connectivity index (χ0) is 21.0. The minimum absolute atomic E-state index is 0.000732. The molecule has 0 spiro atoms. The van der Waals surface area contributed by atoms with E-state index in [1.807, 2.05) is 37.3 Å². The molecule has 3 aromatic rings. The number of carboxylic acid groups (broad SMARTS) is 1. The summed E-state index contributed by atoms with van der Waals surface area (Å²) >= 11 is 0. The van der Waals surface area contributed by atoms with Crippen LogP contribution in [0, 0.1) is 12.8 Å². The number of hydrogen-bond donors (Lipinski definition) is 2. The Bertz CT molecular complexity index is 976. The van der Waals surface area contributed by atoms with Gasteiger partial charge >= 0.3 is 5.97 Å². The second kappa shape index (κ2) is 8.86. The maximum absolute atomic E-state index is 11.3. The molecule has 0 saturated heterocycles. The van der Waals surface area contributed by atoms with E-state index in [-0.39, 0.29) is 11.6 Å². The number of nitrogens with one attached hydrogen (secondary N) is 1. The fourth-order valence-electron chi connectivity index (χ4n) is 3.45. The van der Waals surface area contributed by atoms with E-state index in [0.29, 0.717) is 11.7 Å². The molecule has 5 heteroatoms. The van der Waals surface area contributed by atoms with Gasteiger partial charge in [0.2, 0.25) is 0 Å². The van der Waals surface area contributed by atoms with Crippen molar-refractivity contribution in [3.8, 4) is 17.1 Å². The molecule has 1 aromatic heterocycles. The minimum Gasteiger partial charge on any atom is -0.495 e. The highest BCUT2D eigenvalue weighted by atomic mass is 16.5. The quantitative estimate of drug-likeness (QED) is 0.479. The number of carboxylic acids is 1. The summed E-state index contributed by atoms with van der Waals surface area (Å²) in [6.07, 6.45) is 0.887. The van der Waals surface area contributed by atoms with Crippen LogP contribution in [0.3, 0.4) is 0 Å². The van der Waals surface area contributed by atoms with Gasteiger partial charge in [-0.25, -0.2) is 4.79 Å². The normalized spacial score (nSPS) is 12.0. The van der Waals surface area contributed by atoms with E-state index in [9.17, 15) is 9.90 Å². The van der Waals surface area contributed by atoms with E-state index in [4.69, 9.17) is 9.15 Å². The molecule has 0 aliphatic heterocycles. The zero-order valence-electron chi connectivity index (χ0n) is 17.2. The minimum atomic E-state index is -0.980. The summed E-state index contributed by atoms with van der Waals surface area (Å²) in [5, 5.41) is 12.8. The molecule has 1 atom stereocenters. The molecule has 1 heterocycles. The molecule has 0 radical (unpaired) electrons. The molecular weight excluding hydrogens is 366 g/mol. The maximum atomic E-state index is 11.3. The maximum Gasteiger partial charge on any atom is 0.335 e. The van der Waals surface area contributed by atoms with Crippen LogP contribution in [0.25, 0.3) is 11.3 Å². The standard InChI is InChI=1S/C24H27NO4/c1-15(2)12-21(25-20-11-10-18(24(26)27)13-23(20)28-4)19-14-22(29-16(19)3)17-8-6-5-7-9-17/h5-11,13-15,21,25H,12H2,1-4H3,(H,26,27). The van der Waals surface area contributed by atoms with Gasteiger partial charge in [-0.05, 0) is 43.5 Å². The lowest BCUT2D eigenvalue weighted by Crippen LogP contribution is -2.14. The Morgan fingerprint density at radius 1 is 1.14 bits per heavy atom. The monoisotopic (exact) mass is 393 g/mol. The molecule has 152 valence electrons. The predicted octanol–water partition coefficient (Wildman–Crippen LogP) is 6.16. The predicted molar refractivity (Wildman–Crippen MR) is 115 cm³/mol. The largest absolute Gasteiger partial charge is 0.495 e. The number of rotatable bonds is 8. The van der Waals surface area contributed by atoms with Gasteiger partial charge < -0.3 is 19.6 Å². The van der Waals surface area contributed by atoms with Gasteiger partial charge in [0.15, 0.2) is 0 Å². The van der Waals surface area contributed by atoms with Crippen molar-refractivity contribution in [2.75, 3.05) is 12.4 Å². The van der Waals surface area contributed by atoms with Gasteiger partial charge in [0.25, 0.3) is 0 Å². The van der Waals surface area contributed by atoms with E-state index in [1.165, 1.54) is 6.07 Å². The van der Waals surface area contributed by atoms with Crippen LogP contribution in [0.15, 0.2) is 59.0 Å². The molecule has 2 N–H and O–H groups in total. The summed E-state index contributed by atoms with van der Waals surface area (Å²) in [5.41, 5.74) is 3.07. The molecule has 0 amide bonds. The van der Waals surface area contributed by atoms with Crippen molar-refractivity contribution in [2.24, 2.45) is 5.92 Å². The number of hydrogen-bond acceptors (Lipinski definition) is 4. The van der Waals surface area contributed by atoms with Crippen LogP contribution < -0.4 is 10.1 Å². The topological polar surface area (TPSA) is 71.7 Å². The Labute approximate surface area is 171 Å². The van der Waals surface area contributed by atoms with Crippen molar-refractivity contribution in [3.05, 3.63) is 71.5 Å². The molecule has 3 rings (SSSR count). The Balaban J connectivity index is 1.96. The lowest BCUT2D eigenvalue weighted by molar-refractivity contribution is 0.0696. The Morgan fingerprint density at radius 3 is 2.48 bits per heavy atom. The van der Waals surface area contributed by atoms with Crippen molar-refractivity contribution in [3.63, 3.8) is 0 Å². The Hall–Kier alpha value is -3.21. The number of carbonyl (C=O) groups is 1. The number of aryl methyl sites for hydroxylation is 1. The Kier molecular flexibility index (Phi) is 6.27. The van der Waals surface area contributed by atoms with Crippen LogP contribution >= 0.6 is 0 Å². The van der Waals surface area contributed by atoms with Crippen LogP contribution in [0.4, 0.5) is 5.69 Å². The highest BCUT2D eigenvalue weighted by molar-refractivity contribution is 5.89. The van der Waals surface area contributed by atoms with E-state index in [0.717, 1.165) is 34.8 Å². The van der Waals surface area contributed by atoms with E-state index < -0.39 is 5.97 Å². The first kappa shape index (κ1) is 20.5. The molecular formula is C24H27NO4. The number of aromatic carboxylic acids is 1. The molecule has 1 unspecified atom stereocenters. The van der Waals surface area contributed by atoms with Crippen LogP contribution in [-0.2, 0) is 0 Å². The van der Waals surface area contributed by atoms with E-state index in [2.05, 4.69) is 25.2 Å². The molecule has 0 bridgehead atoms. The number of benzene rings is 2. The third-order valence-corrected chi connectivity index (χ3v) is 4.88. The van der Waals surface area contributed by atoms with Gasteiger partial charge in [-0.3, -0.25) is 0 Å². The number of methoxy groups -OCH3 is 1. The van der Waals surface area contributed by atoms with Crippen molar-refractivity contribution in [1.82, 2.24) is 0 Å². The first-order chi connectivity index (χ1) is 13.9. The summed E-state index contributed by atoms with van der Waals surface area (Å²) in [6.45, 7) is 6.32. The second-order valence-electron chi connectivity index (χ2n) is 7.53. The van der Waals surface area contributed by atoms with Crippen molar-refractivity contribution < 1.29 is 19.1 Å². The van der Waals surface area contributed by atoms with Crippen LogP contribution in [0.2, 0.25) is 0 Å². The first-order valence-corrected chi connectivity index (χ1v) is 9.72. The number of furan rings is 1. The molecule has 0 fully saturated rings. The SMILES string of the molecule is COc1cc(C(=O)O)ccc1NC(CC(C)C)c1cc(-c2ccccc2)oc1C. The summed E-state index contributed by atoms with van der Waals surface area (Å²) in [4.78, 5) is 11.3. The molecule has 0 aliphatic rings. The van der Waals surface area contributed by atoms with Crippen LogP contribution in [0.1, 0.15) is 48.0 Å². The van der Waals surface area contributed by atoms with Gasteiger partial charge in [-0.15, -0.1) is 0 Å². The third kappa shape index (κ3) is 4.80. The smallest absolute Gasteiger partial charge is 0.335 e. The molecule has 29 heavy (non-hydrogen) atoms. The number of anilines is 1. The van der Waals surface area contributed by atoms with Gasteiger partial charge in [0, 0.05) is 11.1 Å². The molecule has 2 aromatic carbocycles. The lowest BCUT2D eigenvalue weighted by Gasteiger charge is -2.23. The third-order valence-electron chi connectivity index (χ3n) is 4.88. The highest BCUT2D eigenvalue weighted by Gasteiger charge is 2.21. The lowest BCUT2D eigenvalue weighted by atomic mass is 9.96. The van der Waals surface area contributed by atoms with Crippen LogP contribution in [-0.4, -0.2) is 18.2 Å². The molecule has 0 saturated carbocycles. The first-order valence-electron chi connectivity index (χ1n) is 9.72. The van der Waals surface area contributed by atoms with Crippen molar-refractivity contribution in [1.29, 1.82) is 0 Å².